The van der Waals surface area contributed by atoms with Crippen molar-refractivity contribution in [3.63, 3.8) is 0 Å². The van der Waals surface area contributed by atoms with Crippen molar-refractivity contribution >= 4 is 11.6 Å². The highest BCUT2D eigenvalue weighted by Crippen LogP contribution is 2.32. The molecule has 12 heavy (non-hydrogen) atoms. The molecule has 3 heteroatoms. The van der Waals surface area contributed by atoms with Crippen molar-refractivity contribution in [1.82, 2.24) is 4.98 Å². The lowest BCUT2D eigenvalue weighted by atomic mass is 9.91. The number of pyridine rings is 1. The highest BCUT2D eigenvalue weighted by molar-refractivity contribution is 6.30. The van der Waals surface area contributed by atoms with Gasteiger partial charge in [0.2, 0.25) is 0 Å². The minimum absolute atomic E-state index is 0.339. The third-order valence-electron chi connectivity index (χ3n) is 2.30. The van der Waals surface area contributed by atoms with Crippen LogP contribution < -0.4 is 0 Å². The molecule has 0 amide bonds. The standard InChI is InChI=1S/C9H10ClNO/c10-9-7-2-1-3-8(12)6(7)4-5-11-9/h4-5,8,12H,1-3H2. The van der Waals surface area contributed by atoms with Crippen LogP contribution in [-0.4, -0.2) is 10.1 Å². The Balaban J connectivity index is 2.52. The molecule has 1 N–H and O–H groups in total. The monoisotopic (exact) mass is 183 g/mol. The molecule has 0 aromatic carbocycles. The quantitative estimate of drug-likeness (QED) is 0.625. The number of hydrogen-bond acceptors (Lipinski definition) is 2. The molecule has 0 saturated carbocycles. The van der Waals surface area contributed by atoms with Crippen molar-refractivity contribution < 1.29 is 5.11 Å². The van der Waals surface area contributed by atoms with Crippen LogP contribution in [0.1, 0.15) is 30.1 Å². The van der Waals surface area contributed by atoms with Gasteiger partial charge in [0, 0.05) is 6.20 Å². The van der Waals surface area contributed by atoms with E-state index in [-0.39, 0.29) is 6.10 Å². The first-order valence-electron chi connectivity index (χ1n) is 4.10. The van der Waals surface area contributed by atoms with E-state index >= 15 is 0 Å². The molecular weight excluding hydrogens is 174 g/mol. The van der Waals surface area contributed by atoms with E-state index in [1.807, 2.05) is 6.07 Å². The zero-order valence-corrected chi connectivity index (χ0v) is 7.38. The lowest BCUT2D eigenvalue weighted by Gasteiger charge is -2.21. The van der Waals surface area contributed by atoms with Crippen LogP contribution in [0, 0.1) is 0 Å². The average Bonchev–Trinajstić information content (AvgIpc) is 2.07. The highest BCUT2D eigenvalue weighted by atomic mass is 35.5. The normalized spacial score (nSPS) is 22.0. The SMILES string of the molecule is OC1CCCc2c1ccnc2Cl. The van der Waals surface area contributed by atoms with Gasteiger partial charge in [-0.1, -0.05) is 11.6 Å². The molecule has 1 aliphatic carbocycles. The second-order valence-corrected chi connectivity index (χ2v) is 3.44. The van der Waals surface area contributed by atoms with Crippen LogP contribution in [0.2, 0.25) is 5.15 Å². The third-order valence-corrected chi connectivity index (χ3v) is 2.63. The molecule has 0 spiro atoms. The molecule has 0 saturated heterocycles. The van der Waals surface area contributed by atoms with Gasteiger partial charge in [-0.25, -0.2) is 4.98 Å². The van der Waals surface area contributed by atoms with E-state index in [2.05, 4.69) is 4.98 Å². The molecule has 0 bridgehead atoms. The van der Waals surface area contributed by atoms with Gasteiger partial charge in [0.15, 0.2) is 0 Å². The molecule has 0 fully saturated rings. The Morgan fingerprint density at radius 3 is 3.17 bits per heavy atom. The molecule has 1 aromatic heterocycles. The van der Waals surface area contributed by atoms with Crippen LogP contribution in [-0.2, 0) is 6.42 Å². The predicted molar refractivity (Wildman–Crippen MR) is 47.1 cm³/mol. The van der Waals surface area contributed by atoms with Crippen LogP contribution in [0.5, 0.6) is 0 Å². The highest BCUT2D eigenvalue weighted by Gasteiger charge is 2.19. The van der Waals surface area contributed by atoms with Crippen LogP contribution in [0.3, 0.4) is 0 Å². The average molecular weight is 184 g/mol. The van der Waals surface area contributed by atoms with Gasteiger partial charge in [0.1, 0.15) is 5.15 Å². The van der Waals surface area contributed by atoms with Gasteiger partial charge in [-0.05, 0) is 36.5 Å². The summed E-state index contributed by atoms with van der Waals surface area (Å²) in [5.74, 6) is 0. The van der Waals surface area contributed by atoms with E-state index in [0.717, 1.165) is 30.4 Å². The number of aliphatic hydroxyl groups excluding tert-OH is 1. The van der Waals surface area contributed by atoms with Crippen molar-refractivity contribution in [3.05, 3.63) is 28.5 Å². The Morgan fingerprint density at radius 1 is 1.58 bits per heavy atom. The van der Waals surface area contributed by atoms with E-state index in [1.165, 1.54) is 0 Å². The maximum Gasteiger partial charge on any atom is 0.132 e. The van der Waals surface area contributed by atoms with Gasteiger partial charge in [0.05, 0.1) is 6.10 Å². The molecular formula is C9H10ClNO. The molecule has 1 aromatic rings. The maximum absolute atomic E-state index is 9.60. The van der Waals surface area contributed by atoms with Crippen molar-refractivity contribution in [2.45, 2.75) is 25.4 Å². The summed E-state index contributed by atoms with van der Waals surface area (Å²) in [6.07, 6.45) is 4.09. The summed E-state index contributed by atoms with van der Waals surface area (Å²) in [4.78, 5) is 3.98. The zero-order chi connectivity index (χ0) is 8.55. The van der Waals surface area contributed by atoms with Crippen LogP contribution in [0.15, 0.2) is 12.3 Å². The smallest absolute Gasteiger partial charge is 0.132 e. The number of nitrogens with zero attached hydrogens (tertiary/aromatic N) is 1. The fourth-order valence-electron chi connectivity index (χ4n) is 1.67. The molecule has 2 rings (SSSR count). The summed E-state index contributed by atoms with van der Waals surface area (Å²) in [5, 5.41) is 10.1. The number of rotatable bonds is 0. The van der Waals surface area contributed by atoms with Crippen LogP contribution in [0.4, 0.5) is 0 Å². The largest absolute Gasteiger partial charge is 0.388 e. The summed E-state index contributed by atoms with van der Waals surface area (Å²) < 4.78 is 0. The Morgan fingerprint density at radius 2 is 2.42 bits per heavy atom. The topological polar surface area (TPSA) is 33.1 Å². The number of halogens is 1. The second kappa shape index (κ2) is 3.04. The molecule has 0 aliphatic heterocycles. The molecule has 1 unspecified atom stereocenters. The van der Waals surface area contributed by atoms with E-state index in [9.17, 15) is 5.11 Å². The Hall–Kier alpha value is -0.600. The third kappa shape index (κ3) is 1.21. The summed E-state index contributed by atoms with van der Waals surface area (Å²) in [7, 11) is 0. The fraction of sp³-hybridized carbons (Fsp3) is 0.444. The molecule has 1 aliphatic rings. The Bertz CT molecular complexity index is 301. The van der Waals surface area contributed by atoms with Gasteiger partial charge < -0.3 is 5.11 Å². The van der Waals surface area contributed by atoms with Crippen molar-refractivity contribution in [3.8, 4) is 0 Å². The summed E-state index contributed by atoms with van der Waals surface area (Å²) in [6.45, 7) is 0. The fourth-order valence-corrected chi connectivity index (χ4v) is 1.93. The van der Waals surface area contributed by atoms with Crippen LogP contribution in [0.25, 0.3) is 0 Å². The number of hydrogen-bond donors (Lipinski definition) is 1. The van der Waals surface area contributed by atoms with Gasteiger partial charge in [-0.2, -0.15) is 0 Å². The van der Waals surface area contributed by atoms with Gasteiger partial charge in [-0.15, -0.1) is 0 Å². The van der Waals surface area contributed by atoms with Gasteiger partial charge in [-0.3, -0.25) is 0 Å². The maximum atomic E-state index is 9.60. The van der Waals surface area contributed by atoms with E-state index < -0.39 is 0 Å². The minimum Gasteiger partial charge on any atom is -0.388 e. The second-order valence-electron chi connectivity index (χ2n) is 3.08. The summed E-state index contributed by atoms with van der Waals surface area (Å²) in [5.41, 5.74) is 1.99. The Kier molecular flexibility index (Phi) is 2.03. The molecule has 0 radical (unpaired) electrons. The number of aromatic nitrogens is 1. The summed E-state index contributed by atoms with van der Waals surface area (Å²) in [6, 6.07) is 1.85. The predicted octanol–water partition coefficient (Wildman–Crippen LogP) is 2.10. The first kappa shape index (κ1) is 8.02. The summed E-state index contributed by atoms with van der Waals surface area (Å²) >= 11 is 5.89. The van der Waals surface area contributed by atoms with Crippen molar-refractivity contribution in [1.29, 1.82) is 0 Å². The Labute approximate surface area is 76.2 Å². The lowest BCUT2D eigenvalue weighted by Crippen LogP contribution is -2.09. The zero-order valence-electron chi connectivity index (χ0n) is 6.63. The first-order chi connectivity index (χ1) is 5.79. The van der Waals surface area contributed by atoms with Crippen molar-refractivity contribution in [2.24, 2.45) is 0 Å². The minimum atomic E-state index is -0.339. The van der Waals surface area contributed by atoms with E-state index in [0.29, 0.717) is 5.15 Å². The van der Waals surface area contributed by atoms with Gasteiger partial charge >= 0.3 is 0 Å². The van der Waals surface area contributed by atoms with Gasteiger partial charge in [0.25, 0.3) is 0 Å². The van der Waals surface area contributed by atoms with Crippen molar-refractivity contribution in [2.75, 3.05) is 0 Å². The lowest BCUT2D eigenvalue weighted by molar-refractivity contribution is 0.156. The molecule has 2 nitrogen and oxygen atoms in total. The molecule has 64 valence electrons. The first-order valence-corrected chi connectivity index (χ1v) is 4.48. The van der Waals surface area contributed by atoms with E-state index in [4.69, 9.17) is 11.6 Å². The van der Waals surface area contributed by atoms with E-state index in [1.54, 1.807) is 6.20 Å². The number of aliphatic hydroxyl groups is 1. The van der Waals surface area contributed by atoms with Crippen LogP contribution >= 0.6 is 11.6 Å². The molecule has 1 heterocycles. The number of fused-ring (bicyclic) bond motifs is 1. The molecule has 1 atom stereocenters.